The lowest BCUT2D eigenvalue weighted by atomic mass is 10.1. The third kappa shape index (κ3) is 5.65. The highest BCUT2D eigenvalue weighted by atomic mass is 32.2. The van der Waals surface area contributed by atoms with E-state index in [-0.39, 0.29) is 5.25 Å². The average Bonchev–Trinajstić information content (AvgIpc) is 2.38. The Kier molecular flexibility index (Phi) is 6.98. The van der Waals surface area contributed by atoms with E-state index < -0.39 is 10.8 Å². The fraction of sp³-hybridized carbons (Fsp3) is 0.571. The van der Waals surface area contributed by atoms with Crippen LogP contribution in [0, 0.1) is 0 Å². The highest BCUT2D eigenvalue weighted by Crippen LogP contribution is 2.11. The van der Waals surface area contributed by atoms with Gasteiger partial charge >= 0.3 is 0 Å². The zero-order chi connectivity index (χ0) is 13.4. The predicted molar refractivity (Wildman–Crippen MR) is 77.7 cm³/mol. The third-order valence-corrected chi connectivity index (χ3v) is 4.41. The fourth-order valence-corrected chi connectivity index (χ4v) is 2.07. The molecule has 0 aliphatic carbocycles. The van der Waals surface area contributed by atoms with Crippen LogP contribution in [0.3, 0.4) is 0 Å². The van der Waals surface area contributed by atoms with Crippen molar-refractivity contribution in [1.29, 1.82) is 0 Å². The van der Waals surface area contributed by atoms with E-state index in [1.54, 1.807) is 13.4 Å². The molecule has 1 rings (SSSR count). The minimum Gasteiger partial charge on any atom is -0.497 e. The Morgan fingerprint density at radius 3 is 2.50 bits per heavy atom. The van der Waals surface area contributed by atoms with Crippen LogP contribution in [0.25, 0.3) is 0 Å². The van der Waals surface area contributed by atoms with Crippen molar-refractivity contribution in [3.63, 3.8) is 0 Å². The molecule has 1 aromatic rings. The largest absolute Gasteiger partial charge is 0.497 e. The van der Waals surface area contributed by atoms with Gasteiger partial charge in [0.1, 0.15) is 5.75 Å². The molecule has 2 atom stereocenters. The second-order valence-corrected chi connectivity index (χ2v) is 6.25. The van der Waals surface area contributed by atoms with Crippen molar-refractivity contribution >= 4 is 10.8 Å². The number of rotatable bonds is 8. The minimum absolute atomic E-state index is 0.276. The van der Waals surface area contributed by atoms with Crippen LogP contribution < -0.4 is 10.1 Å². The minimum atomic E-state index is -0.709. The Morgan fingerprint density at radius 2 is 1.94 bits per heavy atom. The van der Waals surface area contributed by atoms with Crippen molar-refractivity contribution in [3.05, 3.63) is 29.8 Å². The van der Waals surface area contributed by atoms with Gasteiger partial charge in [-0.05, 0) is 43.6 Å². The molecule has 0 amide bonds. The van der Waals surface area contributed by atoms with Crippen LogP contribution in [0.4, 0.5) is 0 Å². The smallest absolute Gasteiger partial charge is 0.118 e. The molecule has 0 radical (unpaired) electrons. The molecule has 1 N–H and O–H groups in total. The van der Waals surface area contributed by atoms with Crippen molar-refractivity contribution in [2.45, 2.75) is 25.0 Å². The number of methoxy groups -OCH3 is 1. The summed E-state index contributed by atoms with van der Waals surface area (Å²) in [5.41, 5.74) is 1.30. The summed E-state index contributed by atoms with van der Waals surface area (Å²) >= 11 is 0. The summed E-state index contributed by atoms with van der Waals surface area (Å²) in [5.74, 6) is 0.894. The summed E-state index contributed by atoms with van der Waals surface area (Å²) in [4.78, 5) is 0. The van der Waals surface area contributed by atoms with Gasteiger partial charge in [0.05, 0.1) is 7.11 Å². The maximum Gasteiger partial charge on any atom is 0.118 e. The number of hydrogen-bond donors (Lipinski definition) is 1. The average molecular weight is 269 g/mol. The Hall–Kier alpha value is -0.870. The Balaban J connectivity index is 2.15. The van der Waals surface area contributed by atoms with Gasteiger partial charge < -0.3 is 10.1 Å². The summed E-state index contributed by atoms with van der Waals surface area (Å²) in [5, 5.41) is 3.66. The van der Waals surface area contributed by atoms with E-state index in [1.165, 1.54) is 5.56 Å². The van der Waals surface area contributed by atoms with Gasteiger partial charge in [-0.25, -0.2) is 0 Å². The van der Waals surface area contributed by atoms with Gasteiger partial charge in [-0.3, -0.25) is 4.21 Å². The van der Waals surface area contributed by atoms with Gasteiger partial charge in [-0.15, -0.1) is 0 Å². The second kappa shape index (κ2) is 8.27. The first-order chi connectivity index (χ1) is 8.63. The van der Waals surface area contributed by atoms with Crippen molar-refractivity contribution in [2.24, 2.45) is 0 Å². The number of ether oxygens (including phenoxy) is 1. The molecule has 4 heteroatoms. The SMILES string of the molecule is COc1ccc(CCNCCC(C)S(C)=O)cc1. The van der Waals surface area contributed by atoms with E-state index in [2.05, 4.69) is 17.4 Å². The third-order valence-electron chi connectivity index (χ3n) is 3.04. The molecule has 0 aliphatic rings. The topological polar surface area (TPSA) is 38.3 Å². The van der Waals surface area contributed by atoms with Gasteiger partial charge in [-0.1, -0.05) is 19.1 Å². The van der Waals surface area contributed by atoms with Crippen molar-refractivity contribution < 1.29 is 8.95 Å². The molecular formula is C14H23NO2S. The normalized spacial score (nSPS) is 14.2. The maximum atomic E-state index is 11.2. The van der Waals surface area contributed by atoms with Crippen LogP contribution in [-0.4, -0.2) is 35.9 Å². The van der Waals surface area contributed by atoms with Gasteiger partial charge in [0, 0.05) is 22.3 Å². The van der Waals surface area contributed by atoms with Crippen LogP contribution in [-0.2, 0) is 17.2 Å². The van der Waals surface area contributed by atoms with E-state index in [0.29, 0.717) is 0 Å². The summed E-state index contributed by atoms with van der Waals surface area (Å²) in [7, 11) is 0.967. The van der Waals surface area contributed by atoms with Crippen molar-refractivity contribution in [2.75, 3.05) is 26.5 Å². The molecule has 0 saturated carbocycles. The van der Waals surface area contributed by atoms with Gasteiger partial charge in [0.15, 0.2) is 0 Å². The van der Waals surface area contributed by atoms with Crippen LogP contribution in [0.2, 0.25) is 0 Å². The molecule has 0 spiro atoms. The quantitative estimate of drug-likeness (QED) is 0.733. The second-order valence-electron chi connectivity index (χ2n) is 4.45. The van der Waals surface area contributed by atoms with Crippen LogP contribution in [0.1, 0.15) is 18.9 Å². The Bertz CT molecular complexity index is 365. The molecule has 1 aromatic carbocycles. The molecule has 3 nitrogen and oxygen atoms in total. The lowest BCUT2D eigenvalue weighted by molar-refractivity contribution is 0.414. The number of hydrogen-bond acceptors (Lipinski definition) is 3. The zero-order valence-corrected chi connectivity index (χ0v) is 12.3. The van der Waals surface area contributed by atoms with Crippen LogP contribution in [0.15, 0.2) is 24.3 Å². The standard InChI is InChI=1S/C14H23NO2S/c1-12(18(3)16)8-10-15-11-9-13-4-6-14(17-2)7-5-13/h4-7,12,15H,8-11H2,1-3H3. The molecule has 0 fully saturated rings. The Labute approximate surface area is 112 Å². The maximum absolute atomic E-state index is 11.2. The lowest BCUT2D eigenvalue weighted by Gasteiger charge is -2.09. The summed E-state index contributed by atoms with van der Waals surface area (Å²) < 4.78 is 16.3. The first kappa shape index (κ1) is 15.2. The van der Waals surface area contributed by atoms with E-state index in [9.17, 15) is 4.21 Å². The summed E-state index contributed by atoms with van der Waals surface area (Å²) in [6.45, 7) is 3.91. The van der Waals surface area contributed by atoms with E-state index >= 15 is 0 Å². The lowest BCUT2D eigenvalue weighted by Crippen LogP contribution is -2.23. The Morgan fingerprint density at radius 1 is 1.28 bits per heavy atom. The predicted octanol–water partition coefficient (Wildman–Crippen LogP) is 1.98. The van der Waals surface area contributed by atoms with Gasteiger partial charge in [0.2, 0.25) is 0 Å². The molecule has 0 saturated heterocycles. The monoisotopic (exact) mass is 269 g/mol. The number of benzene rings is 1. The molecule has 102 valence electrons. The highest BCUT2D eigenvalue weighted by molar-refractivity contribution is 7.84. The molecular weight excluding hydrogens is 246 g/mol. The number of nitrogens with one attached hydrogen (secondary N) is 1. The van der Waals surface area contributed by atoms with Crippen LogP contribution >= 0.6 is 0 Å². The highest BCUT2D eigenvalue weighted by Gasteiger charge is 2.04. The molecule has 0 aromatic heterocycles. The van der Waals surface area contributed by atoms with Gasteiger partial charge in [-0.2, -0.15) is 0 Å². The van der Waals surface area contributed by atoms with E-state index in [0.717, 1.165) is 31.7 Å². The summed E-state index contributed by atoms with van der Waals surface area (Å²) in [6.07, 6.45) is 3.74. The molecule has 0 bridgehead atoms. The zero-order valence-electron chi connectivity index (χ0n) is 11.4. The van der Waals surface area contributed by atoms with Crippen molar-refractivity contribution in [3.8, 4) is 5.75 Å². The molecule has 18 heavy (non-hydrogen) atoms. The molecule has 0 aliphatic heterocycles. The molecule has 0 heterocycles. The first-order valence-electron chi connectivity index (χ1n) is 6.29. The van der Waals surface area contributed by atoms with Crippen LogP contribution in [0.5, 0.6) is 5.75 Å². The summed E-state index contributed by atoms with van der Waals surface area (Å²) in [6, 6.07) is 8.14. The molecule has 2 unspecified atom stereocenters. The van der Waals surface area contributed by atoms with Crippen molar-refractivity contribution in [1.82, 2.24) is 5.32 Å². The van der Waals surface area contributed by atoms with E-state index in [4.69, 9.17) is 4.74 Å². The fourth-order valence-electron chi connectivity index (χ4n) is 1.62. The van der Waals surface area contributed by atoms with Gasteiger partial charge in [0.25, 0.3) is 0 Å². The van der Waals surface area contributed by atoms with E-state index in [1.807, 2.05) is 19.1 Å². The first-order valence-corrected chi connectivity index (χ1v) is 7.91.